The van der Waals surface area contributed by atoms with Crippen molar-refractivity contribution in [1.29, 1.82) is 0 Å². The first-order chi connectivity index (χ1) is 19.9. The Bertz CT molecular complexity index is 1280. The molecule has 0 saturated carbocycles. The first-order valence-electron chi connectivity index (χ1n) is 14.0. The smallest absolute Gasteiger partial charge is 0.407 e. The molecule has 0 heterocycles. The minimum Gasteiger partial charge on any atom is -0.447 e. The number of fused-ring (bicyclic) bond motifs is 1. The molecule has 0 saturated heterocycles. The van der Waals surface area contributed by atoms with Gasteiger partial charge in [-0.2, -0.15) is 0 Å². The molecule has 1 aliphatic carbocycles. The van der Waals surface area contributed by atoms with Crippen LogP contribution in [0.4, 0.5) is 4.79 Å². The number of aliphatic hydroxyl groups excluding tert-OH is 3. The summed E-state index contributed by atoms with van der Waals surface area (Å²) in [5, 5.41) is 36.8. The quantitative estimate of drug-likeness (QED) is 0.218. The average molecular weight is 559 g/mol. The van der Waals surface area contributed by atoms with Crippen molar-refractivity contribution in [3.8, 4) is 0 Å². The van der Waals surface area contributed by atoms with Crippen molar-refractivity contribution in [2.45, 2.75) is 50.0 Å². The molecule has 5 atom stereocenters. The number of aliphatic hydroxyl groups is 3. The number of amides is 2. The molecule has 5 N–H and O–H groups in total. The van der Waals surface area contributed by atoms with Gasteiger partial charge in [-0.05, 0) is 41.5 Å². The van der Waals surface area contributed by atoms with Crippen molar-refractivity contribution in [2.75, 3.05) is 13.2 Å². The van der Waals surface area contributed by atoms with Crippen molar-refractivity contribution < 1.29 is 29.6 Å². The van der Waals surface area contributed by atoms with E-state index in [-0.39, 0.29) is 25.5 Å². The molecule has 3 aromatic carbocycles. The number of hydrogen-bond donors (Lipinski definition) is 5. The van der Waals surface area contributed by atoms with E-state index in [4.69, 9.17) is 9.84 Å². The van der Waals surface area contributed by atoms with Crippen LogP contribution in [0, 0.1) is 5.92 Å². The number of benzene rings is 3. The molecule has 216 valence electrons. The minimum atomic E-state index is -1.08. The van der Waals surface area contributed by atoms with Gasteiger partial charge in [0.25, 0.3) is 0 Å². The second-order valence-corrected chi connectivity index (χ2v) is 10.3. The highest BCUT2D eigenvalue weighted by atomic mass is 16.6. The first-order valence-corrected chi connectivity index (χ1v) is 14.0. The third-order valence-corrected chi connectivity index (χ3v) is 7.32. The van der Waals surface area contributed by atoms with Gasteiger partial charge in [0, 0.05) is 12.3 Å². The molecule has 1 aliphatic rings. The standard InChI is InChI=1S/C33H38N2O6/c36-18-19-41-33(40)34-28(20-24-12-5-2-6-13-24)29(37)22-26(16-9-14-23-10-3-1-4-11-23)32(39)35-31-27-17-8-7-15-25(27)21-30(31)38/h1-15,17,26,28-31,36-38H,16,18-22H2,(H,34,40)(H,35,39)/t26-,28+,29+,30-,31+/m1/s1. The van der Waals surface area contributed by atoms with Crippen LogP contribution in [0.2, 0.25) is 0 Å². The van der Waals surface area contributed by atoms with Crippen molar-refractivity contribution in [2.24, 2.45) is 5.92 Å². The van der Waals surface area contributed by atoms with Crippen LogP contribution in [0.5, 0.6) is 0 Å². The third kappa shape index (κ3) is 8.75. The molecule has 0 fully saturated rings. The molecule has 4 rings (SSSR count). The monoisotopic (exact) mass is 558 g/mol. The molecular weight excluding hydrogens is 520 g/mol. The summed E-state index contributed by atoms with van der Waals surface area (Å²) >= 11 is 0. The number of carbonyl (C=O) groups is 2. The fourth-order valence-corrected chi connectivity index (χ4v) is 5.20. The largest absolute Gasteiger partial charge is 0.447 e. The Morgan fingerprint density at radius 3 is 2.39 bits per heavy atom. The molecule has 0 spiro atoms. The Balaban J connectivity index is 1.52. The lowest BCUT2D eigenvalue weighted by Crippen LogP contribution is -2.47. The molecule has 8 heteroatoms. The number of nitrogens with one attached hydrogen (secondary N) is 2. The fourth-order valence-electron chi connectivity index (χ4n) is 5.20. The third-order valence-electron chi connectivity index (χ3n) is 7.32. The van der Waals surface area contributed by atoms with E-state index >= 15 is 0 Å². The molecule has 8 nitrogen and oxygen atoms in total. The number of hydrogen-bond acceptors (Lipinski definition) is 6. The van der Waals surface area contributed by atoms with Crippen LogP contribution in [0.1, 0.15) is 41.1 Å². The van der Waals surface area contributed by atoms with Crippen LogP contribution in [-0.2, 0) is 22.4 Å². The van der Waals surface area contributed by atoms with Gasteiger partial charge in [-0.15, -0.1) is 0 Å². The Morgan fingerprint density at radius 1 is 0.976 bits per heavy atom. The summed E-state index contributed by atoms with van der Waals surface area (Å²) in [6.45, 7) is -0.480. The lowest BCUT2D eigenvalue weighted by molar-refractivity contribution is -0.127. The summed E-state index contributed by atoms with van der Waals surface area (Å²) in [6, 6.07) is 25.5. The maximum Gasteiger partial charge on any atom is 0.407 e. The zero-order chi connectivity index (χ0) is 29.0. The number of allylic oxidation sites excluding steroid dienone is 1. The van der Waals surface area contributed by atoms with Gasteiger partial charge in [-0.1, -0.05) is 97.1 Å². The normalized spacial score (nSPS) is 18.3. The van der Waals surface area contributed by atoms with E-state index in [2.05, 4.69) is 10.6 Å². The molecule has 41 heavy (non-hydrogen) atoms. The Kier molecular flexibility index (Phi) is 11.1. The zero-order valence-corrected chi connectivity index (χ0v) is 22.9. The van der Waals surface area contributed by atoms with Crippen molar-refractivity contribution in [3.63, 3.8) is 0 Å². The van der Waals surface area contributed by atoms with E-state index < -0.39 is 36.3 Å². The average Bonchev–Trinajstić information content (AvgIpc) is 3.30. The SMILES string of the molecule is O=C(N[C@@H](Cc1ccccc1)[C@@H](O)C[C@@H](CC=Cc1ccccc1)C(=O)N[C@H]1c2ccccc2C[C@H]1O)OCCO. The minimum absolute atomic E-state index is 0.0627. The number of alkyl carbamates (subject to hydrolysis) is 1. The maximum absolute atomic E-state index is 13.7. The summed E-state index contributed by atoms with van der Waals surface area (Å²) in [5.41, 5.74) is 3.78. The summed E-state index contributed by atoms with van der Waals surface area (Å²) in [6.07, 6.45) is 2.44. The summed E-state index contributed by atoms with van der Waals surface area (Å²) in [5.74, 6) is -0.928. The summed E-state index contributed by atoms with van der Waals surface area (Å²) in [7, 11) is 0. The topological polar surface area (TPSA) is 128 Å². The number of ether oxygens (including phenoxy) is 1. The van der Waals surface area contributed by atoms with Gasteiger partial charge in [0.2, 0.25) is 5.91 Å². The van der Waals surface area contributed by atoms with E-state index in [1.54, 1.807) is 0 Å². The Hall–Kier alpha value is -3.98. The predicted molar refractivity (Wildman–Crippen MR) is 157 cm³/mol. The highest BCUT2D eigenvalue weighted by Gasteiger charge is 2.35. The summed E-state index contributed by atoms with van der Waals surface area (Å²) in [4.78, 5) is 26.0. The van der Waals surface area contributed by atoms with Gasteiger partial charge in [0.05, 0.1) is 30.9 Å². The highest BCUT2D eigenvalue weighted by Crippen LogP contribution is 2.32. The van der Waals surface area contributed by atoms with Gasteiger partial charge in [0.1, 0.15) is 6.61 Å². The second-order valence-electron chi connectivity index (χ2n) is 10.3. The number of rotatable bonds is 13. The van der Waals surface area contributed by atoms with Crippen LogP contribution in [-0.4, -0.2) is 58.8 Å². The van der Waals surface area contributed by atoms with E-state index in [0.717, 1.165) is 22.3 Å². The molecule has 0 aromatic heterocycles. The first kappa shape index (κ1) is 30.0. The van der Waals surface area contributed by atoms with Crippen molar-refractivity contribution >= 4 is 18.1 Å². The lowest BCUT2D eigenvalue weighted by atomic mass is 9.90. The predicted octanol–water partition coefficient (Wildman–Crippen LogP) is 3.56. The van der Waals surface area contributed by atoms with Crippen LogP contribution in [0.15, 0.2) is 91.0 Å². The molecule has 0 radical (unpaired) electrons. The Morgan fingerprint density at radius 2 is 1.66 bits per heavy atom. The molecule has 0 aliphatic heterocycles. The van der Waals surface area contributed by atoms with Crippen LogP contribution < -0.4 is 10.6 Å². The van der Waals surface area contributed by atoms with Gasteiger partial charge >= 0.3 is 6.09 Å². The van der Waals surface area contributed by atoms with Gasteiger partial charge < -0.3 is 30.7 Å². The van der Waals surface area contributed by atoms with E-state index in [0.29, 0.717) is 19.3 Å². The van der Waals surface area contributed by atoms with Gasteiger partial charge in [-0.3, -0.25) is 4.79 Å². The molecular formula is C33H38N2O6. The zero-order valence-electron chi connectivity index (χ0n) is 22.9. The van der Waals surface area contributed by atoms with Crippen LogP contribution in [0.3, 0.4) is 0 Å². The van der Waals surface area contributed by atoms with Crippen LogP contribution >= 0.6 is 0 Å². The second kappa shape index (κ2) is 15.1. The van der Waals surface area contributed by atoms with Gasteiger partial charge in [-0.25, -0.2) is 4.79 Å². The van der Waals surface area contributed by atoms with E-state index in [1.165, 1.54) is 0 Å². The van der Waals surface area contributed by atoms with E-state index in [9.17, 15) is 19.8 Å². The van der Waals surface area contributed by atoms with Crippen LogP contribution in [0.25, 0.3) is 6.08 Å². The molecule has 2 amide bonds. The van der Waals surface area contributed by atoms with Crippen molar-refractivity contribution in [3.05, 3.63) is 113 Å². The lowest BCUT2D eigenvalue weighted by Gasteiger charge is -2.28. The maximum atomic E-state index is 13.7. The molecule has 0 bridgehead atoms. The fraction of sp³-hybridized carbons (Fsp3) is 0.333. The van der Waals surface area contributed by atoms with E-state index in [1.807, 2.05) is 97.1 Å². The molecule has 0 unspecified atom stereocenters. The van der Waals surface area contributed by atoms with Gasteiger partial charge in [0.15, 0.2) is 0 Å². The van der Waals surface area contributed by atoms with Crippen molar-refractivity contribution in [1.82, 2.24) is 10.6 Å². The molecule has 3 aromatic rings. The summed E-state index contributed by atoms with van der Waals surface area (Å²) < 4.78 is 4.98. The number of carbonyl (C=O) groups excluding carboxylic acids is 2. The highest BCUT2D eigenvalue weighted by molar-refractivity contribution is 5.80. The Labute approximate surface area is 240 Å².